The van der Waals surface area contributed by atoms with Gasteiger partial charge in [-0.3, -0.25) is 4.79 Å². The Balaban J connectivity index is 2.12. The normalized spacial score (nSPS) is 12.1. The van der Waals surface area contributed by atoms with Crippen molar-refractivity contribution in [1.82, 2.24) is 5.32 Å². The molecular formula is C18H19BrFNO2. The highest BCUT2D eigenvalue weighted by Crippen LogP contribution is 2.22. The zero-order chi connectivity index (χ0) is 17.0. The van der Waals surface area contributed by atoms with Crippen LogP contribution in [0, 0.1) is 5.82 Å². The molecule has 0 aromatic heterocycles. The standard InChI is InChI=1S/C18H19BrFNO2/c1-11(2)23-15-6-4-5-13(9-15)12(3)21-18(22)16-8-7-14(20)10-17(16)19/h4-12H,1-3H3,(H,21,22)/t12-/m1/s1. The minimum Gasteiger partial charge on any atom is -0.491 e. The number of benzene rings is 2. The van der Waals surface area contributed by atoms with Crippen LogP contribution in [-0.4, -0.2) is 12.0 Å². The molecule has 1 atom stereocenters. The molecule has 0 fully saturated rings. The Labute approximate surface area is 144 Å². The fourth-order valence-corrected chi connectivity index (χ4v) is 2.69. The lowest BCUT2D eigenvalue weighted by molar-refractivity contribution is 0.0939. The Morgan fingerprint density at radius 3 is 2.57 bits per heavy atom. The first kappa shape index (κ1) is 17.5. The van der Waals surface area contributed by atoms with Gasteiger partial charge in [0.2, 0.25) is 0 Å². The molecule has 0 aliphatic rings. The van der Waals surface area contributed by atoms with Crippen LogP contribution in [0.5, 0.6) is 5.75 Å². The summed E-state index contributed by atoms with van der Waals surface area (Å²) in [6.07, 6.45) is 0.0883. The van der Waals surface area contributed by atoms with Gasteiger partial charge in [-0.25, -0.2) is 4.39 Å². The van der Waals surface area contributed by atoms with Crippen molar-refractivity contribution in [3.8, 4) is 5.75 Å². The van der Waals surface area contributed by atoms with Gasteiger partial charge in [0.15, 0.2) is 0 Å². The molecule has 0 radical (unpaired) electrons. The van der Waals surface area contributed by atoms with Crippen LogP contribution in [-0.2, 0) is 0 Å². The molecule has 0 unspecified atom stereocenters. The highest BCUT2D eigenvalue weighted by molar-refractivity contribution is 9.10. The van der Waals surface area contributed by atoms with E-state index in [1.807, 2.05) is 45.0 Å². The molecule has 0 spiro atoms. The first-order valence-corrected chi connectivity index (χ1v) is 8.18. The van der Waals surface area contributed by atoms with E-state index in [4.69, 9.17) is 4.74 Å². The van der Waals surface area contributed by atoms with Gasteiger partial charge in [-0.2, -0.15) is 0 Å². The predicted molar refractivity (Wildman–Crippen MR) is 92.2 cm³/mol. The molecule has 0 bridgehead atoms. The number of carbonyl (C=O) groups is 1. The molecule has 23 heavy (non-hydrogen) atoms. The number of carbonyl (C=O) groups excluding carboxylic acids is 1. The third-order valence-electron chi connectivity index (χ3n) is 3.25. The van der Waals surface area contributed by atoms with E-state index in [1.165, 1.54) is 18.2 Å². The number of hydrogen-bond donors (Lipinski definition) is 1. The minimum absolute atomic E-state index is 0.0883. The van der Waals surface area contributed by atoms with Crippen molar-refractivity contribution >= 4 is 21.8 Å². The van der Waals surface area contributed by atoms with Crippen molar-refractivity contribution in [2.45, 2.75) is 32.9 Å². The van der Waals surface area contributed by atoms with Gasteiger partial charge in [-0.05, 0) is 72.6 Å². The van der Waals surface area contributed by atoms with Crippen LogP contribution in [0.1, 0.15) is 42.7 Å². The highest BCUT2D eigenvalue weighted by atomic mass is 79.9. The maximum Gasteiger partial charge on any atom is 0.252 e. The monoisotopic (exact) mass is 379 g/mol. The van der Waals surface area contributed by atoms with E-state index < -0.39 is 0 Å². The van der Waals surface area contributed by atoms with Crippen molar-refractivity contribution in [3.63, 3.8) is 0 Å². The first-order valence-electron chi connectivity index (χ1n) is 7.39. The quantitative estimate of drug-likeness (QED) is 0.804. The zero-order valence-corrected chi connectivity index (χ0v) is 14.9. The second kappa shape index (κ2) is 7.59. The van der Waals surface area contributed by atoms with E-state index in [0.717, 1.165) is 11.3 Å². The summed E-state index contributed by atoms with van der Waals surface area (Å²) in [4.78, 5) is 12.3. The number of ether oxygens (including phenoxy) is 1. The summed E-state index contributed by atoms with van der Waals surface area (Å²) < 4.78 is 19.2. The van der Waals surface area contributed by atoms with Crippen LogP contribution in [0.3, 0.4) is 0 Å². The summed E-state index contributed by atoms with van der Waals surface area (Å²) in [7, 11) is 0. The van der Waals surface area contributed by atoms with Gasteiger partial charge in [0.05, 0.1) is 17.7 Å². The van der Waals surface area contributed by atoms with Crippen molar-refractivity contribution in [3.05, 3.63) is 63.9 Å². The van der Waals surface area contributed by atoms with Crippen LogP contribution in [0.25, 0.3) is 0 Å². The molecule has 0 saturated heterocycles. The smallest absolute Gasteiger partial charge is 0.252 e. The van der Waals surface area contributed by atoms with E-state index in [-0.39, 0.29) is 23.9 Å². The van der Waals surface area contributed by atoms with E-state index in [0.29, 0.717) is 10.0 Å². The largest absolute Gasteiger partial charge is 0.491 e. The Hall–Kier alpha value is -1.88. The van der Waals surface area contributed by atoms with Crippen LogP contribution in [0.2, 0.25) is 0 Å². The molecule has 2 aromatic carbocycles. The van der Waals surface area contributed by atoms with Crippen molar-refractivity contribution in [2.24, 2.45) is 0 Å². The Morgan fingerprint density at radius 2 is 1.91 bits per heavy atom. The van der Waals surface area contributed by atoms with Gasteiger partial charge in [0.25, 0.3) is 5.91 Å². The molecule has 1 amide bonds. The molecular weight excluding hydrogens is 361 g/mol. The molecule has 122 valence electrons. The van der Waals surface area contributed by atoms with Gasteiger partial charge in [-0.1, -0.05) is 12.1 Å². The second-order valence-electron chi connectivity index (χ2n) is 5.56. The number of hydrogen-bond acceptors (Lipinski definition) is 2. The van der Waals surface area contributed by atoms with E-state index in [1.54, 1.807) is 0 Å². The number of nitrogens with one attached hydrogen (secondary N) is 1. The van der Waals surface area contributed by atoms with Crippen molar-refractivity contribution in [2.75, 3.05) is 0 Å². The Kier molecular flexibility index (Phi) is 5.77. The van der Waals surface area contributed by atoms with Gasteiger partial charge < -0.3 is 10.1 Å². The Morgan fingerprint density at radius 1 is 1.17 bits per heavy atom. The Bertz CT molecular complexity index is 703. The summed E-state index contributed by atoms with van der Waals surface area (Å²) in [5.74, 6) is 0.112. The summed E-state index contributed by atoms with van der Waals surface area (Å²) in [5, 5.41) is 2.91. The van der Waals surface area contributed by atoms with Crippen LogP contribution < -0.4 is 10.1 Å². The molecule has 2 rings (SSSR count). The minimum atomic E-state index is -0.389. The van der Waals surface area contributed by atoms with Gasteiger partial charge in [0.1, 0.15) is 11.6 Å². The van der Waals surface area contributed by atoms with E-state index >= 15 is 0 Å². The lowest BCUT2D eigenvalue weighted by atomic mass is 10.1. The van der Waals surface area contributed by atoms with Gasteiger partial charge in [-0.15, -0.1) is 0 Å². The number of amides is 1. The van der Waals surface area contributed by atoms with Crippen molar-refractivity contribution in [1.29, 1.82) is 0 Å². The molecule has 3 nitrogen and oxygen atoms in total. The lowest BCUT2D eigenvalue weighted by Gasteiger charge is -2.17. The summed E-state index contributed by atoms with van der Waals surface area (Å²) in [5.41, 5.74) is 1.34. The number of rotatable bonds is 5. The first-order chi connectivity index (χ1) is 10.9. The SMILES string of the molecule is CC(C)Oc1cccc([C@@H](C)NC(=O)c2ccc(F)cc2Br)c1. The maximum absolute atomic E-state index is 13.1. The van der Waals surface area contributed by atoms with Crippen LogP contribution in [0.4, 0.5) is 4.39 Å². The van der Waals surface area contributed by atoms with E-state index in [2.05, 4.69) is 21.2 Å². The molecule has 2 aromatic rings. The summed E-state index contributed by atoms with van der Waals surface area (Å²) >= 11 is 3.21. The topological polar surface area (TPSA) is 38.3 Å². The predicted octanol–water partition coefficient (Wildman–Crippen LogP) is 4.87. The van der Waals surface area contributed by atoms with Crippen LogP contribution in [0.15, 0.2) is 46.9 Å². The third-order valence-corrected chi connectivity index (χ3v) is 3.91. The molecule has 0 aliphatic carbocycles. The van der Waals surface area contributed by atoms with E-state index in [9.17, 15) is 9.18 Å². The lowest BCUT2D eigenvalue weighted by Crippen LogP contribution is -2.27. The molecule has 0 heterocycles. The average Bonchev–Trinajstić information content (AvgIpc) is 2.46. The zero-order valence-electron chi connectivity index (χ0n) is 13.3. The maximum atomic E-state index is 13.1. The highest BCUT2D eigenvalue weighted by Gasteiger charge is 2.15. The van der Waals surface area contributed by atoms with Crippen LogP contribution >= 0.6 is 15.9 Å². The number of halogens is 2. The molecule has 5 heteroatoms. The fourth-order valence-electron chi connectivity index (χ4n) is 2.16. The fraction of sp³-hybridized carbons (Fsp3) is 0.278. The van der Waals surface area contributed by atoms with Gasteiger partial charge >= 0.3 is 0 Å². The molecule has 1 N–H and O–H groups in total. The van der Waals surface area contributed by atoms with Crippen molar-refractivity contribution < 1.29 is 13.9 Å². The molecule has 0 saturated carbocycles. The summed E-state index contributed by atoms with van der Waals surface area (Å²) in [6.45, 7) is 5.82. The average molecular weight is 380 g/mol. The second-order valence-corrected chi connectivity index (χ2v) is 6.41. The third kappa shape index (κ3) is 4.79. The van der Waals surface area contributed by atoms with Gasteiger partial charge in [0, 0.05) is 4.47 Å². The summed E-state index contributed by atoms with van der Waals surface area (Å²) in [6, 6.07) is 11.4. The molecule has 0 aliphatic heterocycles.